The van der Waals surface area contributed by atoms with Crippen LogP contribution in [0.5, 0.6) is 0 Å². The second-order valence-corrected chi connectivity index (χ2v) is 9.22. The molecule has 2 unspecified atom stereocenters. The molecule has 0 saturated carbocycles. The van der Waals surface area contributed by atoms with Gasteiger partial charge in [-0.1, -0.05) is 66.2 Å². The van der Waals surface area contributed by atoms with Gasteiger partial charge in [-0.15, -0.1) is 0 Å². The SMILES string of the molecule is CCCCC(CC)CN1C(=O)C(F)C(=O)N(CC(CC)CCCC)S1(=O)=O. The van der Waals surface area contributed by atoms with Crippen LogP contribution in [0.15, 0.2) is 0 Å². The number of hydrogen-bond donors (Lipinski definition) is 0. The molecule has 8 heteroatoms. The number of rotatable bonds is 12. The van der Waals surface area contributed by atoms with Crippen LogP contribution in [0.25, 0.3) is 0 Å². The van der Waals surface area contributed by atoms with Gasteiger partial charge in [-0.3, -0.25) is 9.59 Å². The molecule has 6 nitrogen and oxygen atoms in total. The fourth-order valence-corrected chi connectivity index (χ4v) is 5.05. The standard InChI is InChI=1S/C19H35FN2O4S/c1-5-9-11-15(7-3)13-21-18(23)17(20)19(24)22(27(21,25)26)14-16(8-4)12-10-6-2/h15-17H,5-14H2,1-4H3. The highest BCUT2D eigenvalue weighted by Crippen LogP contribution is 2.27. The molecule has 2 amide bonds. The summed E-state index contributed by atoms with van der Waals surface area (Å²) in [7, 11) is -4.33. The highest BCUT2D eigenvalue weighted by Gasteiger charge is 2.50. The Balaban J connectivity index is 3.07. The number of alkyl halides is 1. The molecule has 1 aliphatic heterocycles. The Morgan fingerprint density at radius 3 is 1.52 bits per heavy atom. The zero-order valence-electron chi connectivity index (χ0n) is 17.1. The summed E-state index contributed by atoms with van der Waals surface area (Å²) in [5.74, 6) is -2.55. The average Bonchev–Trinajstić information content (AvgIpc) is 2.65. The highest BCUT2D eigenvalue weighted by molar-refractivity contribution is 7.88. The van der Waals surface area contributed by atoms with Crippen molar-refractivity contribution < 1.29 is 22.4 Å². The van der Waals surface area contributed by atoms with Gasteiger partial charge in [-0.25, -0.2) is 13.0 Å². The Kier molecular flexibility index (Phi) is 9.70. The van der Waals surface area contributed by atoms with Crippen LogP contribution in [-0.4, -0.2) is 48.1 Å². The molecule has 1 rings (SSSR count). The Labute approximate surface area is 163 Å². The van der Waals surface area contributed by atoms with Gasteiger partial charge < -0.3 is 0 Å². The Hall–Kier alpha value is -1.18. The fraction of sp³-hybridized carbons (Fsp3) is 0.895. The fourth-order valence-electron chi connectivity index (χ4n) is 3.38. The van der Waals surface area contributed by atoms with Crippen molar-refractivity contribution in [1.82, 2.24) is 8.61 Å². The number of carbonyl (C=O) groups is 2. The van der Waals surface area contributed by atoms with E-state index < -0.39 is 28.2 Å². The normalized spacial score (nSPS) is 22.2. The van der Waals surface area contributed by atoms with Gasteiger partial charge in [-0.05, 0) is 24.7 Å². The number of carbonyl (C=O) groups excluding carboxylic acids is 2. The summed E-state index contributed by atoms with van der Waals surface area (Å²) >= 11 is 0. The van der Waals surface area contributed by atoms with Crippen molar-refractivity contribution >= 4 is 22.0 Å². The number of halogens is 1. The van der Waals surface area contributed by atoms with Crippen LogP contribution in [0.1, 0.15) is 79.1 Å². The minimum Gasteiger partial charge on any atom is -0.270 e. The molecule has 158 valence electrons. The van der Waals surface area contributed by atoms with E-state index in [1.54, 1.807) is 0 Å². The summed E-state index contributed by atoms with van der Waals surface area (Å²) in [6, 6.07) is 0. The highest BCUT2D eigenvalue weighted by atomic mass is 32.2. The van der Waals surface area contributed by atoms with Crippen LogP contribution in [0.4, 0.5) is 4.39 Å². The summed E-state index contributed by atoms with van der Waals surface area (Å²) in [6.45, 7) is 7.80. The first kappa shape index (κ1) is 23.9. The Morgan fingerprint density at radius 1 is 0.852 bits per heavy atom. The zero-order chi connectivity index (χ0) is 20.6. The molecule has 0 spiro atoms. The zero-order valence-corrected chi connectivity index (χ0v) is 17.9. The van der Waals surface area contributed by atoms with Gasteiger partial charge in [0, 0.05) is 13.1 Å². The van der Waals surface area contributed by atoms with E-state index in [0.29, 0.717) is 21.5 Å². The third kappa shape index (κ3) is 5.90. The van der Waals surface area contributed by atoms with Crippen LogP contribution >= 0.6 is 0 Å². The smallest absolute Gasteiger partial charge is 0.270 e. The molecule has 1 saturated heterocycles. The molecule has 1 heterocycles. The molecule has 0 bridgehead atoms. The maximum atomic E-state index is 14.4. The molecule has 0 N–H and O–H groups in total. The Bertz CT molecular complexity index is 553. The van der Waals surface area contributed by atoms with E-state index in [2.05, 4.69) is 0 Å². The molecule has 1 aliphatic rings. The van der Waals surface area contributed by atoms with E-state index in [1.807, 2.05) is 27.7 Å². The lowest BCUT2D eigenvalue weighted by molar-refractivity contribution is -0.146. The average molecular weight is 407 g/mol. The maximum Gasteiger partial charge on any atom is 0.331 e. The molecule has 0 aromatic heterocycles. The molecule has 0 aromatic carbocycles. The molecule has 2 atom stereocenters. The quantitative estimate of drug-likeness (QED) is 0.464. The van der Waals surface area contributed by atoms with E-state index in [4.69, 9.17) is 0 Å². The third-order valence-corrected chi connectivity index (χ3v) is 7.19. The van der Waals surface area contributed by atoms with Crippen LogP contribution in [0.2, 0.25) is 0 Å². The van der Waals surface area contributed by atoms with E-state index in [9.17, 15) is 22.4 Å². The molecular formula is C19H35FN2O4S. The summed E-state index contributed by atoms with van der Waals surface area (Å²) < 4.78 is 41.5. The predicted octanol–water partition coefficient (Wildman–Crippen LogP) is 3.67. The first-order valence-corrected chi connectivity index (χ1v) is 11.7. The summed E-state index contributed by atoms with van der Waals surface area (Å²) in [6.07, 6.45) is 4.24. The van der Waals surface area contributed by atoms with Crippen molar-refractivity contribution in [2.45, 2.75) is 85.2 Å². The first-order valence-electron chi connectivity index (χ1n) is 10.3. The lowest BCUT2D eigenvalue weighted by atomic mass is 9.99. The number of hydrogen-bond acceptors (Lipinski definition) is 4. The van der Waals surface area contributed by atoms with Crippen molar-refractivity contribution in [1.29, 1.82) is 0 Å². The van der Waals surface area contributed by atoms with E-state index in [1.165, 1.54) is 0 Å². The third-order valence-electron chi connectivity index (χ3n) is 5.42. The van der Waals surface area contributed by atoms with Gasteiger partial charge in [0.05, 0.1) is 0 Å². The molecular weight excluding hydrogens is 371 g/mol. The van der Waals surface area contributed by atoms with E-state index >= 15 is 0 Å². The number of amides is 2. The van der Waals surface area contributed by atoms with Gasteiger partial charge in [0.15, 0.2) is 0 Å². The second kappa shape index (κ2) is 11.0. The van der Waals surface area contributed by atoms with Gasteiger partial charge in [-0.2, -0.15) is 8.42 Å². The van der Waals surface area contributed by atoms with Crippen molar-refractivity contribution in [3.8, 4) is 0 Å². The van der Waals surface area contributed by atoms with Crippen molar-refractivity contribution in [3.63, 3.8) is 0 Å². The summed E-state index contributed by atoms with van der Waals surface area (Å²) in [5.41, 5.74) is 0. The number of nitrogens with zero attached hydrogens (tertiary/aromatic N) is 2. The van der Waals surface area contributed by atoms with Crippen LogP contribution < -0.4 is 0 Å². The lowest BCUT2D eigenvalue weighted by Crippen LogP contribution is -2.62. The van der Waals surface area contributed by atoms with Gasteiger partial charge in [0.25, 0.3) is 18.0 Å². The summed E-state index contributed by atoms with van der Waals surface area (Å²) in [5, 5.41) is 0. The van der Waals surface area contributed by atoms with Gasteiger partial charge in [0.2, 0.25) is 0 Å². The minimum absolute atomic E-state index is 0.0343. The van der Waals surface area contributed by atoms with Gasteiger partial charge in [0.1, 0.15) is 0 Å². The lowest BCUT2D eigenvalue weighted by Gasteiger charge is -2.38. The largest absolute Gasteiger partial charge is 0.331 e. The van der Waals surface area contributed by atoms with Gasteiger partial charge >= 0.3 is 10.2 Å². The van der Waals surface area contributed by atoms with E-state index in [0.717, 1.165) is 38.5 Å². The van der Waals surface area contributed by atoms with Crippen molar-refractivity contribution in [2.24, 2.45) is 11.8 Å². The van der Waals surface area contributed by atoms with Crippen molar-refractivity contribution in [3.05, 3.63) is 0 Å². The van der Waals surface area contributed by atoms with Crippen LogP contribution in [-0.2, 0) is 19.8 Å². The first-order chi connectivity index (χ1) is 12.7. The second-order valence-electron chi connectivity index (χ2n) is 7.44. The molecule has 0 aliphatic carbocycles. The van der Waals surface area contributed by atoms with Crippen LogP contribution in [0, 0.1) is 11.8 Å². The molecule has 27 heavy (non-hydrogen) atoms. The molecule has 0 aromatic rings. The molecule has 0 radical (unpaired) electrons. The molecule has 1 fully saturated rings. The monoisotopic (exact) mass is 406 g/mol. The van der Waals surface area contributed by atoms with E-state index in [-0.39, 0.29) is 24.9 Å². The predicted molar refractivity (Wildman–Crippen MR) is 104 cm³/mol. The van der Waals surface area contributed by atoms with Crippen molar-refractivity contribution in [2.75, 3.05) is 13.1 Å². The maximum absolute atomic E-state index is 14.4. The minimum atomic E-state index is -4.33. The number of unbranched alkanes of at least 4 members (excludes halogenated alkanes) is 2. The van der Waals surface area contributed by atoms with Crippen LogP contribution in [0.3, 0.4) is 0 Å². The topological polar surface area (TPSA) is 74.8 Å². The summed E-state index contributed by atoms with van der Waals surface area (Å²) in [4.78, 5) is 24.5. The Morgan fingerprint density at radius 2 is 1.22 bits per heavy atom.